The van der Waals surface area contributed by atoms with E-state index in [0.29, 0.717) is 6.04 Å². The molecule has 3 unspecified atom stereocenters. The topological polar surface area (TPSA) is 57.9 Å². The van der Waals surface area contributed by atoms with Gasteiger partial charge in [0, 0.05) is 30.3 Å². The van der Waals surface area contributed by atoms with Gasteiger partial charge < -0.3 is 10.1 Å². The van der Waals surface area contributed by atoms with Crippen molar-refractivity contribution in [3.63, 3.8) is 0 Å². The van der Waals surface area contributed by atoms with Crippen molar-refractivity contribution < 1.29 is 9.13 Å². The van der Waals surface area contributed by atoms with E-state index in [-0.39, 0.29) is 17.6 Å². The van der Waals surface area contributed by atoms with Crippen LogP contribution >= 0.6 is 11.5 Å². The average Bonchev–Trinajstić information content (AvgIpc) is 3.17. The van der Waals surface area contributed by atoms with Gasteiger partial charge in [-0.05, 0) is 46.4 Å². The molecule has 0 amide bonds. The molecule has 1 N–H and O–H groups in total. The second-order valence-electron chi connectivity index (χ2n) is 6.79. The van der Waals surface area contributed by atoms with Crippen molar-refractivity contribution in [2.75, 3.05) is 13.2 Å². The molecule has 1 saturated heterocycles. The first kappa shape index (κ1) is 16.6. The Morgan fingerprint density at radius 2 is 2.19 bits per heavy atom. The summed E-state index contributed by atoms with van der Waals surface area (Å²) in [5.74, 6) is -0.214. The monoisotopic (exact) mass is 377 g/mol. The summed E-state index contributed by atoms with van der Waals surface area (Å²) in [5.41, 5.74) is 4.04. The zero-order valence-electron chi connectivity index (χ0n) is 14.4. The highest BCUT2D eigenvalue weighted by Crippen LogP contribution is 2.50. The van der Waals surface area contributed by atoms with E-state index in [2.05, 4.69) is 15.8 Å². The Kier molecular flexibility index (Phi) is 4.01. The molecule has 1 saturated carbocycles. The number of nitrogens with one attached hydrogen (secondary N) is 1. The summed E-state index contributed by atoms with van der Waals surface area (Å²) < 4.78 is 24.4. The molecule has 134 valence electrons. The molecule has 3 atom stereocenters. The predicted octanol–water partition coefficient (Wildman–Crippen LogP) is 3.94. The van der Waals surface area contributed by atoms with Crippen LogP contribution in [0.15, 0.2) is 48.7 Å². The molecule has 1 aliphatic carbocycles. The molecular formula is C21H16FN3OS. The normalized spacial score (nSPS) is 23.5. The summed E-state index contributed by atoms with van der Waals surface area (Å²) >= 11 is 1.43. The van der Waals surface area contributed by atoms with Gasteiger partial charge in [0.25, 0.3) is 0 Å². The average molecular weight is 377 g/mol. The third kappa shape index (κ3) is 2.76. The van der Waals surface area contributed by atoms with Crippen LogP contribution in [0.2, 0.25) is 0 Å². The Balaban J connectivity index is 1.67. The molecule has 0 bridgehead atoms. The number of aromatic nitrogens is 1. The summed E-state index contributed by atoms with van der Waals surface area (Å²) in [6.45, 7) is 1.60. The van der Waals surface area contributed by atoms with Gasteiger partial charge in [-0.3, -0.25) is 0 Å². The van der Waals surface area contributed by atoms with E-state index in [1.165, 1.54) is 29.2 Å². The van der Waals surface area contributed by atoms with Crippen molar-refractivity contribution in [3.05, 3.63) is 65.6 Å². The number of hydrogen-bond acceptors (Lipinski definition) is 5. The Morgan fingerprint density at radius 3 is 2.89 bits per heavy atom. The fourth-order valence-corrected chi connectivity index (χ4v) is 4.68. The first-order chi connectivity index (χ1) is 13.3. The fourth-order valence-electron chi connectivity index (χ4n) is 4.01. The van der Waals surface area contributed by atoms with Crippen LogP contribution in [0.25, 0.3) is 21.6 Å². The summed E-state index contributed by atoms with van der Waals surface area (Å²) in [4.78, 5) is 1.05. The summed E-state index contributed by atoms with van der Waals surface area (Å²) in [6, 6.07) is 15.1. The van der Waals surface area contributed by atoms with Gasteiger partial charge in [-0.1, -0.05) is 24.3 Å². The maximum atomic E-state index is 14.3. The number of halogens is 1. The molecule has 5 rings (SSSR count). The standard InChI is InChI=1S/C21H16FN3OS/c22-16-10-12(4-5-13(16)11-23)14-2-1-3-15(18(14)17-6-7-25-27-17)19-20-21(19)26-9-8-24-20/h1-7,10,19-21,24H,8-9H2. The molecule has 2 heterocycles. The van der Waals surface area contributed by atoms with Crippen molar-refractivity contribution in [2.45, 2.75) is 18.1 Å². The summed E-state index contributed by atoms with van der Waals surface area (Å²) in [7, 11) is 0. The van der Waals surface area contributed by atoms with Gasteiger partial charge in [0.15, 0.2) is 0 Å². The number of benzene rings is 2. The summed E-state index contributed by atoms with van der Waals surface area (Å²) in [6.07, 6.45) is 1.98. The smallest absolute Gasteiger partial charge is 0.141 e. The van der Waals surface area contributed by atoms with Crippen LogP contribution < -0.4 is 5.32 Å². The highest BCUT2D eigenvalue weighted by Gasteiger charge is 2.54. The van der Waals surface area contributed by atoms with Crippen LogP contribution in [0.1, 0.15) is 17.0 Å². The Labute approximate surface area is 160 Å². The lowest BCUT2D eigenvalue weighted by Gasteiger charge is -2.14. The van der Waals surface area contributed by atoms with E-state index in [1.807, 2.05) is 24.3 Å². The van der Waals surface area contributed by atoms with Gasteiger partial charge in [-0.25, -0.2) is 8.76 Å². The SMILES string of the molecule is N#Cc1ccc(-c2cccc(C3C4NCCOC43)c2-c2ccns2)cc1F. The lowest BCUT2D eigenvalue weighted by molar-refractivity contribution is 0.0901. The lowest BCUT2D eigenvalue weighted by atomic mass is 9.91. The van der Waals surface area contributed by atoms with Gasteiger partial charge in [-0.2, -0.15) is 5.26 Å². The fraction of sp³-hybridized carbons (Fsp3) is 0.238. The first-order valence-electron chi connectivity index (χ1n) is 8.87. The van der Waals surface area contributed by atoms with Gasteiger partial charge in [0.05, 0.1) is 23.2 Å². The van der Waals surface area contributed by atoms with Crippen LogP contribution in [0, 0.1) is 17.1 Å². The predicted molar refractivity (Wildman–Crippen MR) is 102 cm³/mol. The molecule has 27 heavy (non-hydrogen) atoms. The van der Waals surface area contributed by atoms with Crippen LogP contribution in [-0.4, -0.2) is 29.7 Å². The highest BCUT2D eigenvalue weighted by molar-refractivity contribution is 7.09. The van der Waals surface area contributed by atoms with Crippen molar-refractivity contribution in [2.24, 2.45) is 0 Å². The van der Waals surface area contributed by atoms with Gasteiger partial charge >= 0.3 is 0 Å². The quantitative estimate of drug-likeness (QED) is 0.751. The molecule has 2 fully saturated rings. The number of nitriles is 1. The molecule has 1 aromatic heterocycles. The second kappa shape index (κ2) is 6.54. The zero-order chi connectivity index (χ0) is 18.4. The van der Waals surface area contributed by atoms with Crippen LogP contribution in [0.3, 0.4) is 0 Å². The minimum Gasteiger partial charge on any atom is -0.375 e. The Morgan fingerprint density at radius 1 is 1.26 bits per heavy atom. The van der Waals surface area contributed by atoms with E-state index in [1.54, 1.807) is 12.3 Å². The Bertz CT molecular complexity index is 1030. The van der Waals surface area contributed by atoms with Gasteiger partial charge in [0.1, 0.15) is 11.9 Å². The number of hydrogen-bond donors (Lipinski definition) is 1. The molecule has 2 aliphatic rings. The van der Waals surface area contributed by atoms with Crippen LogP contribution in [-0.2, 0) is 4.74 Å². The first-order valence-corrected chi connectivity index (χ1v) is 9.64. The van der Waals surface area contributed by atoms with E-state index >= 15 is 0 Å². The lowest BCUT2D eigenvalue weighted by Crippen LogP contribution is -2.30. The van der Waals surface area contributed by atoms with Crippen molar-refractivity contribution in [1.29, 1.82) is 5.26 Å². The number of fused-ring (bicyclic) bond motifs is 1. The van der Waals surface area contributed by atoms with Crippen molar-refractivity contribution in [1.82, 2.24) is 9.69 Å². The maximum absolute atomic E-state index is 14.3. The minimum atomic E-state index is -0.499. The van der Waals surface area contributed by atoms with Crippen molar-refractivity contribution >= 4 is 11.5 Å². The second-order valence-corrected chi connectivity index (χ2v) is 7.63. The third-order valence-electron chi connectivity index (χ3n) is 5.29. The molecule has 4 nitrogen and oxygen atoms in total. The van der Waals surface area contributed by atoms with E-state index in [0.717, 1.165) is 34.7 Å². The molecule has 1 aliphatic heterocycles. The number of rotatable bonds is 3. The van der Waals surface area contributed by atoms with E-state index in [9.17, 15) is 4.39 Å². The molecule has 0 spiro atoms. The van der Waals surface area contributed by atoms with E-state index in [4.69, 9.17) is 10.00 Å². The van der Waals surface area contributed by atoms with Gasteiger partial charge in [-0.15, -0.1) is 0 Å². The molecule has 0 radical (unpaired) electrons. The number of ether oxygens (including phenoxy) is 1. The molecule has 2 aromatic carbocycles. The zero-order valence-corrected chi connectivity index (χ0v) is 15.2. The number of nitrogens with zero attached hydrogens (tertiary/aromatic N) is 2. The maximum Gasteiger partial charge on any atom is 0.141 e. The molecule has 3 aromatic rings. The Hall–Kier alpha value is -2.59. The highest BCUT2D eigenvalue weighted by atomic mass is 32.1. The van der Waals surface area contributed by atoms with Crippen LogP contribution in [0.5, 0.6) is 0 Å². The number of morpholine rings is 1. The summed E-state index contributed by atoms with van der Waals surface area (Å²) in [5, 5.41) is 12.5. The van der Waals surface area contributed by atoms with Crippen molar-refractivity contribution in [3.8, 4) is 27.6 Å². The minimum absolute atomic E-state index is 0.0556. The largest absolute Gasteiger partial charge is 0.375 e. The molecule has 6 heteroatoms. The third-order valence-corrected chi connectivity index (χ3v) is 6.05. The molecular weight excluding hydrogens is 361 g/mol. The van der Waals surface area contributed by atoms with Crippen LogP contribution in [0.4, 0.5) is 4.39 Å². The van der Waals surface area contributed by atoms with Gasteiger partial charge in [0.2, 0.25) is 0 Å². The van der Waals surface area contributed by atoms with E-state index < -0.39 is 5.82 Å².